The fraction of sp³-hybridized carbons (Fsp3) is 0.769. The summed E-state index contributed by atoms with van der Waals surface area (Å²) in [6, 6.07) is -0.383. The van der Waals surface area contributed by atoms with Gasteiger partial charge in [-0.3, -0.25) is 14.4 Å². The number of likely N-dealkylation sites (tertiary alicyclic amines) is 1. The van der Waals surface area contributed by atoms with Crippen molar-refractivity contribution in [3.63, 3.8) is 0 Å². The predicted octanol–water partition coefficient (Wildman–Crippen LogP) is 0.320. The van der Waals surface area contributed by atoms with Crippen LogP contribution in [0.5, 0.6) is 0 Å². The number of carboxylic acid groups (broad SMARTS) is 1. The van der Waals surface area contributed by atoms with Crippen molar-refractivity contribution in [2.24, 2.45) is 5.92 Å². The van der Waals surface area contributed by atoms with Gasteiger partial charge in [0.2, 0.25) is 11.8 Å². The summed E-state index contributed by atoms with van der Waals surface area (Å²) in [6.07, 6.45) is 3.35. The van der Waals surface area contributed by atoms with Crippen LogP contribution < -0.4 is 0 Å². The number of amides is 2. The van der Waals surface area contributed by atoms with E-state index in [1.54, 1.807) is 11.9 Å². The van der Waals surface area contributed by atoms with Gasteiger partial charge in [-0.2, -0.15) is 0 Å². The van der Waals surface area contributed by atoms with Gasteiger partial charge in [0.1, 0.15) is 6.04 Å². The maximum atomic E-state index is 12.3. The van der Waals surface area contributed by atoms with Crippen molar-refractivity contribution in [3.05, 3.63) is 0 Å². The monoisotopic (exact) mass is 268 g/mol. The second-order valence-corrected chi connectivity index (χ2v) is 5.37. The SMILES string of the molecule is CN(CCC(=O)O)C(=O)C1CCCN1C(=O)C1CC1. The van der Waals surface area contributed by atoms with Crippen LogP contribution in [0.15, 0.2) is 0 Å². The van der Waals surface area contributed by atoms with Crippen LogP contribution in [0.3, 0.4) is 0 Å². The van der Waals surface area contributed by atoms with Crippen LogP contribution in [0.1, 0.15) is 32.1 Å². The van der Waals surface area contributed by atoms with Gasteiger partial charge in [-0.15, -0.1) is 0 Å². The first-order valence-electron chi connectivity index (χ1n) is 6.78. The van der Waals surface area contributed by atoms with Gasteiger partial charge in [0.25, 0.3) is 0 Å². The summed E-state index contributed by atoms with van der Waals surface area (Å²) in [5, 5.41) is 8.63. The zero-order valence-corrected chi connectivity index (χ0v) is 11.2. The van der Waals surface area contributed by atoms with Crippen molar-refractivity contribution in [2.75, 3.05) is 20.1 Å². The maximum Gasteiger partial charge on any atom is 0.305 e. The van der Waals surface area contributed by atoms with Gasteiger partial charge in [-0.05, 0) is 25.7 Å². The van der Waals surface area contributed by atoms with E-state index in [1.807, 2.05) is 0 Å². The molecule has 106 valence electrons. The van der Waals surface area contributed by atoms with Crippen LogP contribution >= 0.6 is 0 Å². The second kappa shape index (κ2) is 5.59. The minimum atomic E-state index is -0.919. The first-order chi connectivity index (χ1) is 9.00. The molecular weight excluding hydrogens is 248 g/mol. The lowest BCUT2D eigenvalue weighted by atomic mass is 10.2. The van der Waals surface area contributed by atoms with E-state index in [0.29, 0.717) is 13.0 Å². The first kappa shape index (κ1) is 13.8. The Morgan fingerprint density at radius 1 is 1.26 bits per heavy atom. The first-order valence-corrected chi connectivity index (χ1v) is 6.78. The van der Waals surface area contributed by atoms with Gasteiger partial charge in [0.15, 0.2) is 0 Å². The standard InChI is InChI=1S/C13H20N2O4/c1-14(8-6-11(16)17)13(19)10-3-2-7-15(10)12(18)9-4-5-9/h9-10H,2-8H2,1H3,(H,16,17). The summed E-state index contributed by atoms with van der Waals surface area (Å²) in [6.45, 7) is 0.842. The molecule has 2 aliphatic rings. The predicted molar refractivity (Wildman–Crippen MR) is 67.3 cm³/mol. The number of carbonyl (C=O) groups is 3. The lowest BCUT2D eigenvalue weighted by Crippen LogP contribution is -2.47. The molecule has 1 saturated carbocycles. The largest absolute Gasteiger partial charge is 0.481 e. The van der Waals surface area contributed by atoms with Crippen LogP contribution in [0.4, 0.5) is 0 Å². The number of hydrogen-bond donors (Lipinski definition) is 1. The number of nitrogens with zero attached hydrogens (tertiary/aromatic N) is 2. The van der Waals surface area contributed by atoms with Crippen LogP contribution in [0.2, 0.25) is 0 Å². The summed E-state index contributed by atoms with van der Waals surface area (Å²) in [5.74, 6) is -0.829. The van der Waals surface area contributed by atoms with E-state index in [0.717, 1.165) is 19.3 Å². The van der Waals surface area contributed by atoms with Crippen LogP contribution in [-0.2, 0) is 14.4 Å². The molecule has 1 aliphatic heterocycles. The smallest absolute Gasteiger partial charge is 0.305 e. The van der Waals surface area contributed by atoms with Crippen LogP contribution in [-0.4, -0.2) is 58.9 Å². The minimum Gasteiger partial charge on any atom is -0.481 e. The molecule has 0 aromatic heterocycles. The van der Waals surface area contributed by atoms with Gasteiger partial charge in [-0.25, -0.2) is 0 Å². The maximum absolute atomic E-state index is 12.3. The quantitative estimate of drug-likeness (QED) is 0.779. The van der Waals surface area contributed by atoms with Crippen molar-refractivity contribution >= 4 is 17.8 Å². The Labute approximate surface area is 112 Å². The van der Waals surface area contributed by atoms with E-state index in [4.69, 9.17) is 5.11 Å². The fourth-order valence-corrected chi connectivity index (χ4v) is 2.48. The van der Waals surface area contributed by atoms with Gasteiger partial charge >= 0.3 is 5.97 Å². The molecule has 0 radical (unpaired) electrons. The highest BCUT2D eigenvalue weighted by Crippen LogP contribution is 2.33. The number of rotatable bonds is 5. The molecule has 1 saturated heterocycles. The number of likely N-dealkylation sites (N-methyl/N-ethyl adjacent to an activating group) is 1. The summed E-state index contributed by atoms with van der Waals surface area (Å²) >= 11 is 0. The molecule has 1 heterocycles. The van der Waals surface area contributed by atoms with Crippen LogP contribution in [0.25, 0.3) is 0 Å². The molecule has 6 nitrogen and oxygen atoms in total. The Kier molecular flexibility index (Phi) is 4.07. The molecule has 0 aromatic carbocycles. The molecule has 1 unspecified atom stereocenters. The third-order valence-corrected chi connectivity index (χ3v) is 3.78. The Balaban J connectivity index is 1.92. The number of hydrogen-bond acceptors (Lipinski definition) is 3. The van der Waals surface area contributed by atoms with E-state index >= 15 is 0 Å². The van der Waals surface area contributed by atoms with E-state index in [9.17, 15) is 14.4 Å². The highest BCUT2D eigenvalue weighted by atomic mass is 16.4. The molecule has 2 fully saturated rings. The molecule has 1 aliphatic carbocycles. The third kappa shape index (κ3) is 3.24. The lowest BCUT2D eigenvalue weighted by molar-refractivity contribution is -0.144. The topological polar surface area (TPSA) is 77.9 Å². The van der Waals surface area contributed by atoms with Crippen LogP contribution in [0, 0.1) is 5.92 Å². The van der Waals surface area contributed by atoms with Crippen molar-refractivity contribution < 1.29 is 19.5 Å². The number of carboxylic acids is 1. The molecule has 0 aromatic rings. The number of carbonyl (C=O) groups excluding carboxylic acids is 2. The molecule has 1 N–H and O–H groups in total. The molecule has 0 bridgehead atoms. The fourth-order valence-electron chi connectivity index (χ4n) is 2.48. The Hall–Kier alpha value is -1.59. The highest BCUT2D eigenvalue weighted by molar-refractivity contribution is 5.90. The Morgan fingerprint density at radius 2 is 1.95 bits per heavy atom. The zero-order valence-electron chi connectivity index (χ0n) is 11.2. The van der Waals surface area contributed by atoms with Crippen molar-refractivity contribution in [3.8, 4) is 0 Å². The second-order valence-electron chi connectivity index (χ2n) is 5.37. The Morgan fingerprint density at radius 3 is 2.53 bits per heavy atom. The van der Waals surface area contributed by atoms with Gasteiger partial charge in [0, 0.05) is 26.1 Å². The highest BCUT2D eigenvalue weighted by Gasteiger charge is 2.41. The van der Waals surface area contributed by atoms with E-state index < -0.39 is 5.97 Å². The molecule has 2 rings (SSSR count). The third-order valence-electron chi connectivity index (χ3n) is 3.78. The van der Waals surface area contributed by atoms with E-state index in [1.165, 1.54) is 4.90 Å². The molecule has 2 amide bonds. The van der Waals surface area contributed by atoms with E-state index in [2.05, 4.69) is 0 Å². The minimum absolute atomic E-state index is 0.0640. The molecule has 0 spiro atoms. The normalized spacial score (nSPS) is 22.4. The van der Waals surface area contributed by atoms with Crippen molar-refractivity contribution in [1.29, 1.82) is 0 Å². The zero-order chi connectivity index (χ0) is 14.0. The van der Waals surface area contributed by atoms with Crippen molar-refractivity contribution in [1.82, 2.24) is 9.80 Å². The summed E-state index contributed by atoms with van der Waals surface area (Å²) in [4.78, 5) is 38.0. The van der Waals surface area contributed by atoms with Crippen molar-refractivity contribution in [2.45, 2.75) is 38.1 Å². The lowest BCUT2D eigenvalue weighted by Gasteiger charge is -2.28. The van der Waals surface area contributed by atoms with Gasteiger partial charge in [0.05, 0.1) is 6.42 Å². The molecular formula is C13H20N2O4. The average molecular weight is 268 g/mol. The van der Waals surface area contributed by atoms with Gasteiger partial charge in [-0.1, -0.05) is 0 Å². The van der Waals surface area contributed by atoms with E-state index in [-0.39, 0.29) is 36.7 Å². The Bertz CT molecular complexity index is 392. The summed E-state index contributed by atoms with van der Waals surface area (Å²) in [5.41, 5.74) is 0. The molecule has 1 atom stereocenters. The summed E-state index contributed by atoms with van der Waals surface area (Å²) in [7, 11) is 1.60. The summed E-state index contributed by atoms with van der Waals surface area (Å²) < 4.78 is 0. The number of aliphatic carboxylic acids is 1. The molecule has 6 heteroatoms. The molecule has 19 heavy (non-hydrogen) atoms. The average Bonchev–Trinajstić information content (AvgIpc) is 3.11. The van der Waals surface area contributed by atoms with Gasteiger partial charge < -0.3 is 14.9 Å².